The molecule has 0 atom stereocenters. The Morgan fingerprint density at radius 2 is 1.88 bits per heavy atom. The molecule has 0 radical (unpaired) electrons. The number of rotatable bonds is 8. The van der Waals surface area contributed by atoms with Crippen LogP contribution in [0.25, 0.3) is 0 Å². The zero-order valence-corrected chi connectivity index (χ0v) is 18.2. The molecule has 0 fully saturated rings. The molecule has 0 bridgehead atoms. The lowest BCUT2D eigenvalue weighted by molar-refractivity contribution is -0.384. The van der Waals surface area contributed by atoms with Crippen LogP contribution in [0.2, 0.25) is 0 Å². The van der Waals surface area contributed by atoms with E-state index in [-0.39, 0.29) is 34.1 Å². The van der Waals surface area contributed by atoms with Crippen LogP contribution in [0.3, 0.4) is 0 Å². The van der Waals surface area contributed by atoms with Gasteiger partial charge in [-0.2, -0.15) is 0 Å². The Balaban J connectivity index is 1.75. The van der Waals surface area contributed by atoms with Gasteiger partial charge in [0.25, 0.3) is 21.6 Å². The van der Waals surface area contributed by atoms with E-state index >= 15 is 0 Å². The first-order valence-corrected chi connectivity index (χ1v) is 10.8. The number of anilines is 1. The number of hydrogen-bond acceptors (Lipinski definition) is 8. The molecular formula is C20H20N4O7S. The molecule has 2 N–H and O–H groups in total. The number of nitrogens with one attached hydrogen (secondary N) is 2. The van der Waals surface area contributed by atoms with E-state index in [1.54, 1.807) is 13.8 Å². The zero-order chi connectivity index (χ0) is 23.5. The maximum Gasteiger partial charge on any atom is 0.271 e. The number of aryl methyl sites for hydroxylation is 2. The summed E-state index contributed by atoms with van der Waals surface area (Å²) >= 11 is 0. The quantitative estimate of drug-likeness (QED) is 0.384. The topological polar surface area (TPSA) is 154 Å². The number of nitro groups is 1. The summed E-state index contributed by atoms with van der Waals surface area (Å²) in [7, 11) is -2.78. The first-order valence-electron chi connectivity index (χ1n) is 9.27. The molecule has 0 aliphatic carbocycles. The molecule has 1 heterocycles. The van der Waals surface area contributed by atoms with Gasteiger partial charge in [-0.25, -0.2) is 8.42 Å². The molecule has 0 saturated heterocycles. The lowest BCUT2D eigenvalue weighted by Gasteiger charge is -2.12. The Labute approximate surface area is 183 Å². The summed E-state index contributed by atoms with van der Waals surface area (Å²) in [5.41, 5.74) is 1.32. The van der Waals surface area contributed by atoms with E-state index in [4.69, 9.17) is 9.26 Å². The van der Waals surface area contributed by atoms with Crippen molar-refractivity contribution in [2.45, 2.75) is 25.3 Å². The predicted octanol–water partition coefficient (Wildman–Crippen LogP) is 2.94. The Kier molecular flexibility index (Phi) is 6.44. The second kappa shape index (κ2) is 9.06. The monoisotopic (exact) mass is 460 g/mol. The standard InChI is InChI=1S/C20H20N4O7S/c1-12-17(13(2)31-22-12)11-21-20(25)14-4-7-16(8-5-14)32(28,29)23-18-10-15(24(26)27)6-9-19(18)30-3/h4-10,23H,11H2,1-3H3,(H,21,25). The molecule has 0 aliphatic heterocycles. The van der Waals surface area contributed by atoms with Gasteiger partial charge in [-0.1, -0.05) is 5.16 Å². The minimum Gasteiger partial charge on any atom is -0.495 e. The van der Waals surface area contributed by atoms with Crippen LogP contribution in [0.4, 0.5) is 11.4 Å². The van der Waals surface area contributed by atoms with Gasteiger partial charge in [-0.05, 0) is 44.2 Å². The average Bonchev–Trinajstić information content (AvgIpc) is 3.09. The summed E-state index contributed by atoms with van der Waals surface area (Å²) in [6.45, 7) is 3.72. The molecule has 11 nitrogen and oxygen atoms in total. The summed E-state index contributed by atoms with van der Waals surface area (Å²) in [6, 6.07) is 8.81. The summed E-state index contributed by atoms with van der Waals surface area (Å²) in [5, 5.41) is 17.5. The fourth-order valence-corrected chi connectivity index (χ4v) is 3.96. The van der Waals surface area contributed by atoms with Gasteiger partial charge in [0.2, 0.25) is 0 Å². The molecule has 3 rings (SSSR count). The van der Waals surface area contributed by atoms with Crippen molar-refractivity contribution in [1.82, 2.24) is 10.5 Å². The maximum absolute atomic E-state index is 12.7. The van der Waals surface area contributed by atoms with E-state index in [9.17, 15) is 23.3 Å². The van der Waals surface area contributed by atoms with Crippen molar-refractivity contribution in [3.05, 3.63) is 75.2 Å². The Morgan fingerprint density at radius 1 is 1.19 bits per heavy atom. The Morgan fingerprint density at radius 3 is 2.44 bits per heavy atom. The van der Waals surface area contributed by atoms with Crippen molar-refractivity contribution in [1.29, 1.82) is 0 Å². The minimum absolute atomic E-state index is 0.0806. The van der Waals surface area contributed by atoms with Gasteiger partial charge < -0.3 is 14.6 Å². The molecule has 168 valence electrons. The van der Waals surface area contributed by atoms with Gasteiger partial charge in [0.05, 0.1) is 28.3 Å². The van der Waals surface area contributed by atoms with Crippen molar-refractivity contribution in [3.63, 3.8) is 0 Å². The third kappa shape index (κ3) is 4.86. The number of ether oxygens (including phenoxy) is 1. The number of benzene rings is 2. The molecule has 0 unspecified atom stereocenters. The first-order chi connectivity index (χ1) is 15.1. The van der Waals surface area contributed by atoms with Crippen LogP contribution in [0.1, 0.15) is 27.4 Å². The number of aromatic nitrogens is 1. The van der Waals surface area contributed by atoms with Gasteiger partial charge in [0.15, 0.2) is 0 Å². The van der Waals surface area contributed by atoms with E-state index in [2.05, 4.69) is 15.2 Å². The first kappa shape index (κ1) is 22.7. The fraction of sp³-hybridized carbons (Fsp3) is 0.200. The highest BCUT2D eigenvalue weighted by atomic mass is 32.2. The van der Waals surface area contributed by atoms with Crippen LogP contribution in [0.5, 0.6) is 5.75 Å². The van der Waals surface area contributed by atoms with Crippen LogP contribution in [-0.2, 0) is 16.6 Å². The number of amides is 1. The number of carbonyl (C=O) groups is 1. The van der Waals surface area contributed by atoms with Crippen molar-refractivity contribution >= 4 is 27.3 Å². The number of methoxy groups -OCH3 is 1. The number of non-ortho nitro benzene ring substituents is 1. The average molecular weight is 460 g/mol. The molecule has 32 heavy (non-hydrogen) atoms. The fourth-order valence-electron chi connectivity index (χ4n) is 2.90. The molecule has 3 aromatic rings. The largest absolute Gasteiger partial charge is 0.495 e. The van der Waals surface area contributed by atoms with E-state index in [1.807, 2.05) is 0 Å². The Bertz CT molecular complexity index is 1250. The summed E-state index contributed by atoms with van der Waals surface area (Å²) in [4.78, 5) is 22.6. The smallest absolute Gasteiger partial charge is 0.271 e. The van der Waals surface area contributed by atoms with E-state index in [1.165, 1.54) is 43.5 Å². The molecule has 12 heteroatoms. The van der Waals surface area contributed by atoms with Crippen LogP contribution < -0.4 is 14.8 Å². The highest BCUT2D eigenvalue weighted by Crippen LogP contribution is 2.30. The minimum atomic E-state index is -4.09. The number of nitro benzene ring substituents is 1. The molecule has 0 saturated carbocycles. The van der Waals surface area contributed by atoms with Gasteiger partial charge >= 0.3 is 0 Å². The van der Waals surface area contributed by atoms with Crippen molar-refractivity contribution in [3.8, 4) is 5.75 Å². The van der Waals surface area contributed by atoms with Crippen molar-refractivity contribution in [2.24, 2.45) is 0 Å². The number of sulfonamides is 1. The van der Waals surface area contributed by atoms with E-state index < -0.39 is 20.9 Å². The third-order valence-corrected chi connectivity index (χ3v) is 6.05. The van der Waals surface area contributed by atoms with Crippen molar-refractivity contribution < 1.29 is 27.4 Å². The zero-order valence-electron chi connectivity index (χ0n) is 17.4. The van der Waals surface area contributed by atoms with E-state index in [0.29, 0.717) is 11.5 Å². The second-order valence-corrected chi connectivity index (χ2v) is 8.44. The van der Waals surface area contributed by atoms with Gasteiger partial charge in [-0.15, -0.1) is 0 Å². The summed E-state index contributed by atoms with van der Waals surface area (Å²) in [5.74, 6) is 0.323. The van der Waals surface area contributed by atoms with Crippen molar-refractivity contribution in [2.75, 3.05) is 11.8 Å². The van der Waals surface area contributed by atoms with Gasteiger partial charge in [-0.3, -0.25) is 19.6 Å². The van der Waals surface area contributed by atoms with Gasteiger partial charge in [0.1, 0.15) is 11.5 Å². The number of hydrogen-bond donors (Lipinski definition) is 2. The van der Waals surface area contributed by atoms with Gasteiger partial charge in [0, 0.05) is 29.8 Å². The predicted molar refractivity (Wildman–Crippen MR) is 114 cm³/mol. The molecular weight excluding hydrogens is 440 g/mol. The highest BCUT2D eigenvalue weighted by Gasteiger charge is 2.20. The SMILES string of the molecule is COc1ccc([N+](=O)[O-])cc1NS(=O)(=O)c1ccc(C(=O)NCc2c(C)noc2C)cc1. The third-order valence-electron chi connectivity index (χ3n) is 4.67. The summed E-state index contributed by atoms with van der Waals surface area (Å²) < 4.78 is 37.9. The van der Waals surface area contributed by atoms with Crippen LogP contribution >= 0.6 is 0 Å². The highest BCUT2D eigenvalue weighted by molar-refractivity contribution is 7.92. The second-order valence-electron chi connectivity index (χ2n) is 6.76. The molecule has 1 amide bonds. The van der Waals surface area contributed by atoms with Crippen LogP contribution in [0.15, 0.2) is 51.9 Å². The number of nitrogens with zero attached hydrogens (tertiary/aromatic N) is 2. The van der Waals surface area contributed by atoms with Crippen LogP contribution in [-0.4, -0.2) is 31.5 Å². The Hall–Kier alpha value is -3.93. The molecule has 1 aromatic heterocycles. The van der Waals surface area contributed by atoms with Crippen LogP contribution in [0, 0.1) is 24.0 Å². The molecule has 0 spiro atoms. The summed E-state index contributed by atoms with van der Waals surface area (Å²) in [6.07, 6.45) is 0. The maximum atomic E-state index is 12.7. The lowest BCUT2D eigenvalue weighted by Crippen LogP contribution is -2.23. The van der Waals surface area contributed by atoms with E-state index in [0.717, 1.165) is 11.6 Å². The molecule has 0 aliphatic rings. The normalized spacial score (nSPS) is 11.1. The lowest BCUT2D eigenvalue weighted by atomic mass is 10.2. The molecule has 2 aromatic carbocycles. The number of carbonyl (C=O) groups excluding carboxylic acids is 1.